The molecule has 0 aliphatic rings. The monoisotopic (exact) mass is 268 g/mol. The fraction of sp³-hybridized carbons (Fsp3) is 0.0909. The van der Waals surface area contributed by atoms with Gasteiger partial charge in [0.1, 0.15) is 23.6 Å². The molecule has 0 aliphatic carbocycles. The molecule has 1 heterocycles. The zero-order chi connectivity index (χ0) is 13.1. The lowest BCUT2D eigenvalue weighted by molar-refractivity contribution is 0.413. The average molecular weight is 269 g/mol. The molecule has 0 saturated carbocycles. The minimum atomic E-state index is -0.397. The summed E-state index contributed by atoms with van der Waals surface area (Å²) in [6.07, 6.45) is 1.27. The van der Waals surface area contributed by atoms with Crippen LogP contribution in [0.3, 0.4) is 0 Å². The average Bonchev–Trinajstić information content (AvgIpc) is 2.37. The molecule has 5 nitrogen and oxygen atoms in total. The van der Waals surface area contributed by atoms with Crippen molar-refractivity contribution < 1.29 is 9.13 Å². The summed E-state index contributed by atoms with van der Waals surface area (Å²) in [5, 5.41) is 3.05. The highest BCUT2D eigenvalue weighted by molar-refractivity contribution is 6.32. The van der Waals surface area contributed by atoms with Gasteiger partial charge in [-0.1, -0.05) is 11.6 Å². The molecule has 2 aromatic rings. The largest absolute Gasteiger partial charge is 0.494 e. The van der Waals surface area contributed by atoms with E-state index in [9.17, 15) is 4.39 Å². The van der Waals surface area contributed by atoms with E-state index < -0.39 is 5.82 Å². The van der Waals surface area contributed by atoms with Crippen molar-refractivity contribution in [1.29, 1.82) is 0 Å². The Hall–Kier alpha value is -2.08. The highest BCUT2D eigenvalue weighted by Crippen LogP contribution is 2.31. The van der Waals surface area contributed by atoms with Gasteiger partial charge in [0.2, 0.25) is 0 Å². The van der Waals surface area contributed by atoms with E-state index in [-0.39, 0.29) is 10.8 Å². The lowest BCUT2D eigenvalue weighted by Gasteiger charge is -2.12. The first-order chi connectivity index (χ1) is 8.61. The second-order valence-electron chi connectivity index (χ2n) is 3.40. The second kappa shape index (κ2) is 5.05. The Morgan fingerprint density at radius 2 is 2.17 bits per heavy atom. The van der Waals surface area contributed by atoms with Crippen LogP contribution in [0, 0.1) is 5.82 Å². The third-order valence-corrected chi connectivity index (χ3v) is 2.55. The van der Waals surface area contributed by atoms with Crippen LogP contribution in [0.2, 0.25) is 5.15 Å². The molecule has 18 heavy (non-hydrogen) atoms. The third-order valence-electron chi connectivity index (χ3n) is 2.25. The quantitative estimate of drug-likeness (QED) is 0.837. The molecule has 0 atom stereocenters. The first-order valence-corrected chi connectivity index (χ1v) is 5.36. The highest BCUT2D eigenvalue weighted by atomic mass is 35.5. The van der Waals surface area contributed by atoms with Crippen LogP contribution in [0.4, 0.5) is 21.6 Å². The van der Waals surface area contributed by atoms with Crippen molar-refractivity contribution in [2.45, 2.75) is 0 Å². The number of nitrogens with one attached hydrogen (secondary N) is 1. The van der Waals surface area contributed by atoms with Crippen molar-refractivity contribution >= 4 is 28.8 Å². The van der Waals surface area contributed by atoms with Crippen LogP contribution in [-0.4, -0.2) is 17.1 Å². The van der Waals surface area contributed by atoms with Gasteiger partial charge in [0.15, 0.2) is 11.0 Å². The van der Waals surface area contributed by atoms with Crippen LogP contribution >= 0.6 is 11.6 Å². The molecular formula is C11H10ClFN4O. The van der Waals surface area contributed by atoms with E-state index >= 15 is 0 Å². The van der Waals surface area contributed by atoms with Gasteiger partial charge < -0.3 is 15.8 Å². The van der Waals surface area contributed by atoms with Gasteiger partial charge in [0.05, 0.1) is 12.8 Å². The molecular weight excluding hydrogens is 259 g/mol. The Balaban J connectivity index is 2.37. The van der Waals surface area contributed by atoms with E-state index in [2.05, 4.69) is 15.3 Å². The van der Waals surface area contributed by atoms with E-state index in [0.717, 1.165) is 0 Å². The fourth-order valence-electron chi connectivity index (χ4n) is 1.37. The molecule has 0 bridgehead atoms. The number of rotatable bonds is 3. The topological polar surface area (TPSA) is 73.1 Å². The Kier molecular flexibility index (Phi) is 3.47. The summed E-state index contributed by atoms with van der Waals surface area (Å²) in [4.78, 5) is 7.69. The molecule has 1 aromatic heterocycles. The van der Waals surface area contributed by atoms with Crippen molar-refractivity contribution in [1.82, 2.24) is 9.97 Å². The molecule has 2 rings (SSSR count). The molecule has 0 spiro atoms. The van der Waals surface area contributed by atoms with Crippen LogP contribution in [0.5, 0.6) is 5.75 Å². The van der Waals surface area contributed by atoms with Gasteiger partial charge in [0, 0.05) is 6.07 Å². The lowest BCUT2D eigenvalue weighted by Crippen LogP contribution is -2.02. The first kappa shape index (κ1) is 12.4. The van der Waals surface area contributed by atoms with Crippen molar-refractivity contribution in [3.05, 3.63) is 35.5 Å². The number of hydrogen-bond donors (Lipinski definition) is 2. The van der Waals surface area contributed by atoms with Crippen LogP contribution in [0.15, 0.2) is 24.5 Å². The van der Waals surface area contributed by atoms with Crippen LogP contribution in [0.1, 0.15) is 0 Å². The van der Waals surface area contributed by atoms with E-state index in [1.54, 1.807) is 0 Å². The van der Waals surface area contributed by atoms with Gasteiger partial charge in [-0.25, -0.2) is 14.4 Å². The molecule has 3 N–H and O–H groups in total. The molecule has 0 radical (unpaired) electrons. The summed E-state index contributed by atoms with van der Waals surface area (Å²) in [6.45, 7) is 0. The zero-order valence-corrected chi connectivity index (χ0v) is 10.2. The van der Waals surface area contributed by atoms with E-state index in [1.165, 1.54) is 31.6 Å². The SMILES string of the molecule is COc1cc(F)ccc1Nc1ncnc(Cl)c1N. The van der Waals surface area contributed by atoms with E-state index in [4.69, 9.17) is 22.1 Å². The second-order valence-corrected chi connectivity index (χ2v) is 3.75. The molecule has 1 aromatic carbocycles. The Labute approximate surface area is 108 Å². The number of benzene rings is 1. The minimum Gasteiger partial charge on any atom is -0.494 e. The van der Waals surface area contributed by atoms with Gasteiger partial charge in [-0.05, 0) is 12.1 Å². The number of nitrogen functional groups attached to an aromatic ring is 1. The molecule has 0 amide bonds. The van der Waals surface area contributed by atoms with Crippen LogP contribution in [0.25, 0.3) is 0 Å². The molecule has 94 valence electrons. The summed E-state index contributed by atoms with van der Waals surface area (Å²) in [6, 6.07) is 4.06. The van der Waals surface area contributed by atoms with E-state index in [0.29, 0.717) is 17.3 Å². The predicted molar refractivity (Wildman–Crippen MR) is 67.7 cm³/mol. The minimum absolute atomic E-state index is 0.147. The summed E-state index contributed by atoms with van der Waals surface area (Å²) in [5.41, 5.74) is 6.46. The number of hydrogen-bond acceptors (Lipinski definition) is 5. The Bertz CT molecular complexity index is 579. The number of anilines is 3. The molecule has 0 saturated heterocycles. The Morgan fingerprint density at radius 1 is 1.39 bits per heavy atom. The maximum atomic E-state index is 13.0. The number of ether oxygens (including phenoxy) is 1. The third kappa shape index (κ3) is 2.43. The number of halogens is 2. The zero-order valence-electron chi connectivity index (χ0n) is 9.45. The number of nitrogens with two attached hydrogens (primary N) is 1. The summed E-state index contributed by atoms with van der Waals surface area (Å²) in [5.74, 6) is 0.273. The van der Waals surface area contributed by atoms with E-state index in [1.807, 2.05) is 0 Å². The van der Waals surface area contributed by atoms with Crippen LogP contribution in [-0.2, 0) is 0 Å². The van der Waals surface area contributed by atoms with Crippen LogP contribution < -0.4 is 15.8 Å². The highest BCUT2D eigenvalue weighted by Gasteiger charge is 2.10. The van der Waals surface area contributed by atoms with Crippen molar-refractivity contribution in [3.63, 3.8) is 0 Å². The molecule has 0 aliphatic heterocycles. The standard InChI is InChI=1S/C11H10ClFN4O/c1-18-8-4-6(13)2-3-7(8)17-11-9(14)10(12)15-5-16-11/h2-5H,14H2,1H3,(H,15,16,17). The number of methoxy groups -OCH3 is 1. The summed E-state index contributed by atoms with van der Waals surface area (Å²) in [7, 11) is 1.44. The van der Waals surface area contributed by atoms with Gasteiger partial charge >= 0.3 is 0 Å². The van der Waals surface area contributed by atoms with Gasteiger partial charge in [0.25, 0.3) is 0 Å². The summed E-state index contributed by atoms with van der Waals surface area (Å²) < 4.78 is 18.1. The van der Waals surface area contributed by atoms with Crippen molar-refractivity contribution in [2.75, 3.05) is 18.2 Å². The maximum Gasteiger partial charge on any atom is 0.158 e. The molecule has 0 unspecified atom stereocenters. The van der Waals surface area contributed by atoms with Gasteiger partial charge in [-0.2, -0.15) is 0 Å². The van der Waals surface area contributed by atoms with Gasteiger partial charge in [-0.3, -0.25) is 0 Å². The smallest absolute Gasteiger partial charge is 0.158 e. The number of nitrogens with zero attached hydrogens (tertiary/aromatic N) is 2. The maximum absolute atomic E-state index is 13.0. The van der Waals surface area contributed by atoms with Crippen molar-refractivity contribution in [2.24, 2.45) is 0 Å². The predicted octanol–water partition coefficient (Wildman–Crippen LogP) is 2.60. The number of aromatic nitrogens is 2. The lowest BCUT2D eigenvalue weighted by atomic mass is 10.2. The fourth-order valence-corrected chi connectivity index (χ4v) is 1.50. The van der Waals surface area contributed by atoms with Gasteiger partial charge in [-0.15, -0.1) is 0 Å². The molecule has 0 fully saturated rings. The Morgan fingerprint density at radius 3 is 2.89 bits per heavy atom. The van der Waals surface area contributed by atoms with Crippen molar-refractivity contribution in [3.8, 4) is 5.75 Å². The molecule has 7 heteroatoms. The summed E-state index contributed by atoms with van der Waals surface area (Å²) >= 11 is 5.77. The first-order valence-electron chi connectivity index (χ1n) is 4.98. The normalized spacial score (nSPS) is 10.2.